The lowest BCUT2D eigenvalue weighted by Gasteiger charge is -2.12. The van der Waals surface area contributed by atoms with Crippen molar-refractivity contribution in [2.75, 3.05) is 11.9 Å². The Morgan fingerprint density at radius 2 is 1.84 bits per heavy atom. The molecule has 7 nitrogen and oxygen atoms in total. The van der Waals surface area contributed by atoms with Crippen LogP contribution >= 0.6 is 0 Å². The fourth-order valence-corrected chi connectivity index (χ4v) is 3.11. The lowest BCUT2D eigenvalue weighted by Crippen LogP contribution is -2.21. The second kappa shape index (κ2) is 10.4. The third-order valence-corrected chi connectivity index (χ3v) is 4.71. The Labute approximate surface area is 182 Å². The van der Waals surface area contributed by atoms with Gasteiger partial charge < -0.3 is 14.6 Å². The van der Waals surface area contributed by atoms with Gasteiger partial charge in [0.1, 0.15) is 11.6 Å². The minimum absolute atomic E-state index is 0.0763. The standard InChI is InChI=1S/C24H27N3O4/c1-15(2)13-27-16(3)10-20(17(27)4)11-21(12-25)24(30)31-14-23(29)26-22-8-6-19(7-9-22)18(5)28/h6-11,15H,13-14H2,1-5H3,(H,26,29)/b21-11+. The number of nitriles is 1. The van der Waals surface area contributed by atoms with E-state index >= 15 is 0 Å². The van der Waals surface area contributed by atoms with Crippen LogP contribution in [0, 0.1) is 31.1 Å². The second-order valence-corrected chi connectivity index (χ2v) is 7.76. The Bertz CT molecular complexity index is 1050. The number of carbonyl (C=O) groups excluding carboxylic acids is 3. The highest BCUT2D eigenvalue weighted by atomic mass is 16.5. The molecule has 0 unspecified atom stereocenters. The number of benzene rings is 1. The van der Waals surface area contributed by atoms with E-state index < -0.39 is 18.5 Å². The maximum atomic E-state index is 12.3. The van der Waals surface area contributed by atoms with Crippen LogP contribution in [0.3, 0.4) is 0 Å². The molecule has 0 saturated heterocycles. The molecule has 0 radical (unpaired) electrons. The van der Waals surface area contributed by atoms with E-state index in [2.05, 4.69) is 23.7 Å². The number of ketones is 1. The first-order chi connectivity index (χ1) is 14.6. The molecule has 1 aromatic heterocycles. The molecular formula is C24H27N3O4. The third kappa shape index (κ3) is 6.41. The predicted octanol–water partition coefficient (Wildman–Crippen LogP) is 4.05. The van der Waals surface area contributed by atoms with Gasteiger partial charge in [-0.3, -0.25) is 9.59 Å². The lowest BCUT2D eigenvalue weighted by molar-refractivity contribution is -0.142. The quantitative estimate of drug-likeness (QED) is 0.300. The summed E-state index contributed by atoms with van der Waals surface area (Å²) in [6.07, 6.45) is 1.49. The molecule has 0 bridgehead atoms. The number of nitrogens with zero attached hydrogens (tertiary/aromatic N) is 2. The predicted molar refractivity (Wildman–Crippen MR) is 118 cm³/mol. The summed E-state index contributed by atoms with van der Waals surface area (Å²) in [7, 11) is 0. The Morgan fingerprint density at radius 1 is 1.19 bits per heavy atom. The summed E-state index contributed by atoms with van der Waals surface area (Å²) in [4.78, 5) is 35.6. The number of anilines is 1. The van der Waals surface area contributed by atoms with E-state index in [1.54, 1.807) is 24.3 Å². The molecule has 162 valence electrons. The van der Waals surface area contributed by atoms with Crippen LogP contribution in [0.5, 0.6) is 0 Å². The van der Waals surface area contributed by atoms with Gasteiger partial charge >= 0.3 is 5.97 Å². The van der Waals surface area contributed by atoms with E-state index in [1.165, 1.54) is 13.0 Å². The van der Waals surface area contributed by atoms with Crippen LogP contribution in [0.15, 0.2) is 35.9 Å². The first-order valence-corrected chi connectivity index (χ1v) is 9.98. The summed E-state index contributed by atoms with van der Waals surface area (Å²) in [6, 6.07) is 10.1. The van der Waals surface area contributed by atoms with Gasteiger partial charge in [0.15, 0.2) is 12.4 Å². The van der Waals surface area contributed by atoms with Gasteiger partial charge in [-0.05, 0) is 68.7 Å². The van der Waals surface area contributed by atoms with E-state index in [0.717, 1.165) is 23.5 Å². The maximum absolute atomic E-state index is 12.3. The van der Waals surface area contributed by atoms with Crippen molar-refractivity contribution in [1.82, 2.24) is 4.57 Å². The number of hydrogen-bond acceptors (Lipinski definition) is 5. The molecule has 1 aromatic carbocycles. The molecule has 0 spiro atoms. The molecule has 0 saturated carbocycles. The number of amides is 1. The smallest absolute Gasteiger partial charge is 0.349 e. The van der Waals surface area contributed by atoms with Gasteiger partial charge in [0.05, 0.1) is 0 Å². The number of hydrogen-bond donors (Lipinski definition) is 1. The second-order valence-electron chi connectivity index (χ2n) is 7.76. The maximum Gasteiger partial charge on any atom is 0.349 e. The summed E-state index contributed by atoms with van der Waals surface area (Å²) >= 11 is 0. The van der Waals surface area contributed by atoms with Crippen molar-refractivity contribution in [2.24, 2.45) is 5.92 Å². The summed E-state index contributed by atoms with van der Waals surface area (Å²) in [5.74, 6) is -1.03. The molecule has 1 amide bonds. The number of ether oxygens (including phenoxy) is 1. The number of rotatable bonds is 8. The largest absolute Gasteiger partial charge is 0.451 e. The summed E-state index contributed by atoms with van der Waals surface area (Å²) in [5.41, 5.74) is 3.59. The van der Waals surface area contributed by atoms with Crippen LogP contribution in [0.2, 0.25) is 0 Å². The highest BCUT2D eigenvalue weighted by molar-refractivity contribution is 6.00. The summed E-state index contributed by atoms with van der Waals surface area (Å²) in [6.45, 7) is 9.92. The number of Topliss-reactive ketones (excluding diaryl/α,β-unsaturated/α-hetero) is 1. The molecule has 2 rings (SSSR count). The van der Waals surface area contributed by atoms with Crippen molar-refractivity contribution < 1.29 is 19.1 Å². The van der Waals surface area contributed by atoms with Crippen molar-refractivity contribution in [3.8, 4) is 6.07 Å². The Kier molecular flexibility index (Phi) is 7.92. The van der Waals surface area contributed by atoms with Crippen LogP contribution in [-0.2, 0) is 20.9 Å². The van der Waals surface area contributed by atoms with Crippen LogP contribution in [-0.4, -0.2) is 28.8 Å². The number of carbonyl (C=O) groups is 3. The SMILES string of the molecule is CC(=O)c1ccc(NC(=O)COC(=O)/C(C#N)=C/c2cc(C)n(CC(C)C)c2C)cc1. The molecule has 2 aromatic rings. The summed E-state index contributed by atoms with van der Waals surface area (Å²) < 4.78 is 7.14. The fourth-order valence-electron chi connectivity index (χ4n) is 3.11. The van der Waals surface area contributed by atoms with E-state index in [-0.39, 0.29) is 11.4 Å². The Morgan fingerprint density at radius 3 is 2.39 bits per heavy atom. The van der Waals surface area contributed by atoms with Gasteiger partial charge in [0, 0.05) is 29.2 Å². The minimum atomic E-state index is -0.863. The molecule has 0 aliphatic heterocycles. The van der Waals surface area contributed by atoms with Crippen LogP contribution in [0.25, 0.3) is 6.08 Å². The van der Waals surface area contributed by atoms with Crippen molar-refractivity contribution in [2.45, 2.75) is 41.2 Å². The van der Waals surface area contributed by atoms with Crippen LogP contribution in [0.1, 0.15) is 48.1 Å². The number of nitrogens with one attached hydrogen (secondary N) is 1. The van der Waals surface area contributed by atoms with E-state index in [4.69, 9.17) is 4.74 Å². The van der Waals surface area contributed by atoms with Gasteiger partial charge in [-0.25, -0.2) is 4.79 Å². The van der Waals surface area contributed by atoms with E-state index in [1.807, 2.05) is 26.0 Å². The highest BCUT2D eigenvalue weighted by Crippen LogP contribution is 2.20. The molecule has 0 atom stereocenters. The van der Waals surface area contributed by atoms with Crippen LogP contribution in [0.4, 0.5) is 5.69 Å². The minimum Gasteiger partial charge on any atom is -0.451 e. The van der Waals surface area contributed by atoms with Crippen molar-refractivity contribution in [3.05, 3.63) is 58.4 Å². The third-order valence-electron chi connectivity index (χ3n) is 4.71. The average molecular weight is 421 g/mol. The van der Waals surface area contributed by atoms with E-state index in [9.17, 15) is 19.6 Å². The molecule has 0 aliphatic carbocycles. The van der Waals surface area contributed by atoms with Gasteiger partial charge in [-0.2, -0.15) is 5.26 Å². The zero-order valence-corrected chi connectivity index (χ0v) is 18.5. The first-order valence-electron chi connectivity index (χ1n) is 9.98. The molecular weight excluding hydrogens is 394 g/mol. The number of aromatic nitrogens is 1. The summed E-state index contributed by atoms with van der Waals surface area (Å²) in [5, 5.41) is 12.0. The van der Waals surface area contributed by atoms with Crippen molar-refractivity contribution >= 4 is 29.4 Å². The topological polar surface area (TPSA) is 101 Å². The fraction of sp³-hybridized carbons (Fsp3) is 0.333. The van der Waals surface area contributed by atoms with Crippen molar-refractivity contribution in [3.63, 3.8) is 0 Å². The molecule has 1 heterocycles. The van der Waals surface area contributed by atoms with Gasteiger partial charge in [-0.15, -0.1) is 0 Å². The van der Waals surface area contributed by atoms with Crippen molar-refractivity contribution in [1.29, 1.82) is 5.26 Å². The first kappa shape index (κ1) is 23.6. The number of esters is 1. The lowest BCUT2D eigenvalue weighted by atomic mass is 10.1. The monoisotopic (exact) mass is 421 g/mol. The molecule has 31 heavy (non-hydrogen) atoms. The van der Waals surface area contributed by atoms with Gasteiger partial charge in [0.25, 0.3) is 5.91 Å². The Hall–Kier alpha value is -3.66. The van der Waals surface area contributed by atoms with Crippen LogP contribution < -0.4 is 5.32 Å². The zero-order chi connectivity index (χ0) is 23.1. The van der Waals surface area contributed by atoms with Gasteiger partial charge in [0.2, 0.25) is 0 Å². The molecule has 0 fully saturated rings. The van der Waals surface area contributed by atoms with Gasteiger partial charge in [-0.1, -0.05) is 13.8 Å². The Balaban J connectivity index is 2.02. The molecule has 1 N–H and O–H groups in total. The van der Waals surface area contributed by atoms with E-state index in [0.29, 0.717) is 17.2 Å². The molecule has 7 heteroatoms. The zero-order valence-electron chi connectivity index (χ0n) is 18.5. The number of aryl methyl sites for hydroxylation is 1. The normalized spacial score (nSPS) is 11.2. The highest BCUT2D eigenvalue weighted by Gasteiger charge is 2.16. The average Bonchev–Trinajstić information content (AvgIpc) is 2.97. The molecule has 0 aliphatic rings.